The van der Waals surface area contributed by atoms with Crippen LogP contribution in [0.4, 0.5) is 5.69 Å². The summed E-state index contributed by atoms with van der Waals surface area (Å²) in [7, 11) is 0. The maximum atomic E-state index is 12.7. The number of carboxylic acids is 1. The van der Waals surface area contributed by atoms with Crippen LogP contribution in [0.15, 0.2) is 48.5 Å². The minimum Gasteiger partial charge on any atom is -0.478 e. The summed E-state index contributed by atoms with van der Waals surface area (Å²) in [6, 6.07) is 13.3. The van der Waals surface area contributed by atoms with E-state index in [0.29, 0.717) is 24.3 Å². The number of amides is 2. The van der Waals surface area contributed by atoms with Crippen LogP contribution >= 0.6 is 0 Å². The second-order valence-corrected chi connectivity index (χ2v) is 6.37. The first-order chi connectivity index (χ1) is 13.0. The van der Waals surface area contributed by atoms with Crippen molar-refractivity contribution in [1.82, 2.24) is 9.88 Å². The van der Waals surface area contributed by atoms with Gasteiger partial charge in [-0.3, -0.25) is 9.59 Å². The lowest BCUT2D eigenvalue weighted by atomic mass is 10.1. The van der Waals surface area contributed by atoms with Gasteiger partial charge < -0.3 is 20.3 Å². The van der Waals surface area contributed by atoms with Gasteiger partial charge in [0.15, 0.2) is 0 Å². The highest BCUT2D eigenvalue weighted by atomic mass is 16.4. The van der Waals surface area contributed by atoms with Crippen LogP contribution in [-0.2, 0) is 6.54 Å². The van der Waals surface area contributed by atoms with Crippen LogP contribution in [0.3, 0.4) is 0 Å². The van der Waals surface area contributed by atoms with Crippen LogP contribution in [0.5, 0.6) is 0 Å². The van der Waals surface area contributed by atoms with Crippen molar-refractivity contribution in [1.29, 1.82) is 0 Å². The molecule has 0 radical (unpaired) electrons. The molecule has 0 fully saturated rings. The van der Waals surface area contributed by atoms with Crippen LogP contribution < -0.4 is 10.6 Å². The van der Waals surface area contributed by atoms with E-state index in [2.05, 4.69) is 10.6 Å². The van der Waals surface area contributed by atoms with Gasteiger partial charge in [0.2, 0.25) is 0 Å². The zero-order valence-corrected chi connectivity index (χ0v) is 14.4. The highest BCUT2D eigenvalue weighted by molar-refractivity contribution is 6.09. The highest BCUT2D eigenvalue weighted by Gasteiger charge is 2.19. The molecular weight excluding hydrogens is 346 g/mol. The summed E-state index contributed by atoms with van der Waals surface area (Å²) in [4.78, 5) is 36.1. The van der Waals surface area contributed by atoms with Gasteiger partial charge in [-0.1, -0.05) is 18.2 Å². The molecule has 3 aromatic rings. The Hall–Kier alpha value is -3.61. The lowest BCUT2D eigenvalue weighted by Crippen LogP contribution is -2.22. The molecule has 2 heterocycles. The van der Waals surface area contributed by atoms with E-state index in [-0.39, 0.29) is 17.2 Å². The molecule has 0 spiro atoms. The third-order valence-electron chi connectivity index (χ3n) is 4.65. The first-order valence-corrected chi connectivity index (χ1v) is 8.60. The highest BCUT2D eigenvalue weighted by Crippen LogP contribution is 2.24. The van der Waals surface area contributed by atoms with Crippen LogP contribution in [-0.4, -0.2) is 34.0 Å². The number of para-hydroxylation sites is 1. The molecule has 0 atom stereocenters. The molecule has 1 aromatic heterocycles. The topological polar surface area (TPSA) is 100 Å². The molecule has 2 amide bonds. The van der Waals surface area contributed by atoms with Crippen molar-refractivity contribution in [2.24, 2.45) is 0 Å². The molecule has 3 N–H and O–H groups in total. The number of aryl methyl sites for hydroxylation is 1. The number of carbonyl (C=O) groups is 3. The van der Waals surface area contributed by atoms with E-state index in [1.54, 1.807) is 36.4 Å². The van der Waals surface area contributed by atoms with E-state index in [0.717, 1.165) is 17.3 Å². The second-order valence-electron chi connectivity index (χ2n) is 6.37. The van der Waals surface area contributed by atoms with Gasteiger partial charge in [-0.25, -0.2) is 4.79 Å². The molecule has 1 aliphatic heterocycles. The number of anilines is 1. The van der Waals surface area contributed by atoms with Gasteiger partial charge in [0, 0.05) is 29.6 Å². The quantitative estimate of drug-likeness (QED) is 0.666. The van der Waals surface area contributed by atoms with Crippen molar-refractivity contribution in [3.63, 3.8) is 0 Å². The van der Waals surface area contributed by atoms with Gasteiger partial charge in [-0.05, 0) is 36.8 Å². The summed E-state index contributed by atoms with van der Waals surface area (Å²) >= 11 is 0. The van der Waals surface area contributed by atoms with E-state index in [1.165, 1.54) is 6.07 Å². The first kappa shape index (κ1) is 16.8. The fraction of sp³-hybridized carbons (Fsp3) is 0.150. The number of benzene rings is 2. The van der Waals surface area contributed by atoms with E-state index in [4.69, 9.17) is 0 Å². The average Bonchev–Trinajstić information content (AvgIpc) is 2.93. The standard InChI is InChI=1S/C20H17N3O4/c24-18(22-15-5-2-1-4-14(15)20(26)27)13-7-6-12-10-17-19(25)21-8-3-9-23(17)16(12)11-13/h1-2,4-7,10-11H,3,8-9H2,(H,21,25)(H,22,24)(H,26,27). The summed E-state index contributed by atoms with van der Waals surface area (Å²) in [5.74, 6) is -1.63. The zero-order valence-electron chi connectivity index (χ0n) is 14.4. The number of hydrogen-bond acceptors (Lipinski definition) is 3. The third kappa shape index (κ3) is 3.03. The number of aromatic carboxylic acids is 1. The van der Waals surface area contributed by atoms with E-state index in [9.17, 15) is 19.5 Å². The number of carboxylic acid groups (broad SMARTS) is 1. The number of aromatic nitrogens is 1. The maximum Gasteiger partial charge on any atom is 0.337 e. The molecule has 7 nitrogen and oxygen atoms in total. The van der Waals surface area contributed by atoms with Crippen molar-refractivity contribution in [3.8, 4) is 0 Å². The molecule has 0 bridgehead atoms. The molecular formula is C20H17N3O4. The minimum atomic E-state index is -1.11. The third-order valence-corrected chi connectivity index (χ3v) is 4.65. The Labute approximate surface area is 154 Å². The first-order valence-electron chi connectivity index (χ1n) is 8.60. The Balaban J connectivity index is 1.70. The van der Waals surface area contributed by atoms with Gasteiger partial charge in [-0.15, -0.1) is 0 Å². The summed E-state index contributed by atoms with van der Waals surface area (Å²) in [6.07, 6.45) is 0.810. The maximum absolute atomic E-state index is 12.7. The van der Waals surface area contributed by atoms with Gasteiger partial charge in [-0.2, -0.15) is 0 Å². The van der Waals surface area contributed by atoms with Gasteiger partial charge in [0.05, 0.1) is 11.3 Å². The number of rotatable bonds is 3. The Morgan fingerprint density at radius 2 is 1.93 bits per heavy atom. The molecule has 4 rings (SSSR count). The average molecular weight is 363 g/mol. The van der Waals surface area contributed by atoms with Crippen molar-refractivity contribution < 1.29 is 19.5 Å². The molecule has 0 saturated heterocycles. The number of fused-ring (bicyclic) bond motifs is 3. The molecule has 0 unspecified atom stereocenters. The van der Waals surface area contributed by atoms with Crippen molar-refractivity contribution in [3.05, 3.63) is 65.4 Å². The Morgan fingerprint density at radius 1 is 1.11 bits per heavy atom. The smallest absolute Gasteiger partial charge is 0.337 e. The fourth-order valence-electron chi connectivity index (χ4n) is 3.33. The molecule has 2 aromatic carbocycles. The van der Waals surface area contributed by atoms with E-state index >= 15 is 0 Å². The van der Waals surface area contributed by atoms with Crippen molar-refractivity contribution in [2.45, 2.75) is 13.0 Å². The molecule has 27 heavy (non-hydrogen) atoms. The minimum absolute atomic E-state index is 0.0279. The second kappa shape index (κ2) is 6.60. The summed E-state index contributed by atoms with van der Waals surface area (Å²) < 4.78 is 1.92. The van der Waals surface area contributed by atoms with Gasteiger partial charge in [0.1, 0.15) is 5.69 Å². The largest absolute Gasteiger partial charge is 0.478 e. The normalized spacial score (nSPS) is 13.6. The van der Waals surface area contributed by atoms with Crippen LogP contribution in [0, 0.1) is 0 Å². The summed E-state index contributed by atoms with van der Waals surface area (Å²) in [6.45, 7) is 1.30. The molecule has 1 aliphatic rings. The van der Waals surface area contributed by atoms with Crippen LogP contribution in [0.2, 0.25) is 0 Å². The predicted octanol–water partition coefficient (Wildman–Crippen LogP) is 2.73. The van der Waals surface area contributed by atoms with E-state index < -0.39 is 11.9 Å². The molecule has 0 aliphatic carbocycles. The van der Waals surface area contributed by atoms with Crippen LogP contribution in [0.25, 0.3) is 10.9 Å². The Morgan fingerprint density at radius 3 is 2.74 bits per heavy atom. The zero-order chi connectivity index (χ0) is 19.0. The van der Waals surface area contributed by atoms with Gasteiger partial charge in [0.25, 0.3) is 11.8 Å². The fourth-order valence-corrected chi connectivity index (χ4v) is 3.33. The summed E-state index contributed by atoms with van der Waals surface area (Å²) in [5, 5.41) is 15.6. The number of carbonyl (C=O) groups excluding carboxylic acids is 2. The monoisotopic (exact) mass is 363 g/mol. The lowest BCUT2D eigenvalue weighted by molar-refractivity contribution is 0.0697. The van der Waals surface area contributed by atoms with E-state index in [1.807, 2.05) is 10.6 Å². The van der Waals surface area contributed by atoms with Gasteiger partial charge >= 0.3 is 5.97 Å². The number of hydrogen-bond donors (Lipinski definition) is 3. The molecule has 7 heteroatoms. The van der Waals surface area contributed by atoms with Crippen LogP contribution in [0.1, 0.15) is 37.6 Å². The number of nitrogens with zero attached hydrogens (tertiary/aromatic N) is 1. The molecule has 0 saturated carbocycles. The van der Waals surface area contributed by atoms with Crippen molar-refractivity contribution in [2.75, 3.05) is 11.9 Å². The SMILES string of the molecule is O=C(Nc1ccccc1C(=O)O)c1ccc2cc3n(c2c1)CCCNC3=O. The summed E-state index contributed by atoms with van der Waals surface area (Å²) in [5.41, 5.74) is 2.05. The lowest BCUT2D eigenvalue weighted by Gasteiger charge is -2.09. The number of nitrogens with one attached hydrogen (secondary N) is 2. The Kier molecular flexibility index (Phi) is 4.12. The van der Waals surface area contributed by atoms with Crippen molar-refractivity contribution >= 4 is 34.4 Å². The predicted molar refractivity (Wildman–Crippen MR) is 100 cm³/mol. The molecule has 136 valence electrons. The Bertz CT molecular complexity index is 1080.